The fourth-order valence-electron chi connectivity index (χ4n) is 2.95. The minimum atomic E-state index is -0.485. The Kier molecular flexibility index (Phi) is 6.17. The van der Waals surface area contributed by atoms with E-state index in [1.54, 1.807) is 12.5 Å². The topological polar surface area (TPSA) is 67.0 Å². The van der Waals surface area contributed by atoms with E-state index in [-0.39, 0.29) is 12.0 Å². The smallest absolute Gasteiger partial charge is 0.323 e. The van der Waals surface area contributed by atoms with Gasteiger partial charge in [-0.05, 0) is 18.1 Å². The van der Waals surface area contributed by atoms with E-state index in [2.05, 4.69) is 39.6 Å². The molecule has 0 aliphatic carbocycles. The van der Waals surface area contributed by atoms with Crippen molar-refractivity contribution in [2.75, 3.05) is 6.61 Å². The maximum atomic E-state index is 12.5. The van der Waals surface area contributed by atoms with Crippen LogP contribution in [0.15, 0.2) is 73.2 Å². The van der Waals surface area contributed by atoms with E-state index in [0.29, 0.717) is 13.0 Å². The Labute approximate surface area is 153 Å². The van der Waals surface area contributed by atoms with Crippen molar-refractivity contribution in [3.05, 3.63) is 90.0 Å². The standard InChI is InChI=1S/C21H23N3O2/c1-2-26-21(25)19(13-18-14-22-15-23-18)24-20(16-9-5-3-6-10-16)17-11-7-4-8-12-17/h3-12,14-15,19-20,24H,2,13H2,1H3,(H,22,23). The summed E-state index contributed by atoms with van der Waals surface area (Å²) in [6.07, 6.45) is 3.83. The summed E-state index contributed by atoms with van der Waals surface area (Å²) in [7, 11) is 0. The molecule has 2 N–H and O–H groups in total. The van der Waals surface area contributed by atoms with Gasteiger partial charge in [0.05, 0.1) is 19.0 Å². The molecule has 0 amide bonds. The highest BCUT2D eigenvalue weighted by atomic mass is 16.5. The highest BCUT2D eigenvalue weighted by Crippen LogP contribution is 2.23. The number of nitrogens with zero attached hydrogens (tertiary/aromatic N) is 1. The monoisotopic (exact) mass is 349 g/mol. The lowest BCUT2D eigenvalue weighted by molar-refractivity contribution is -0.145. The second-order valence-corrected chi connectivity index (χ2v) is 6.01. The number of rotatable bonds is 8. The first-order valence-corrected chi connectivity index (χ1v) is 8.77. The molecule has 3 aromatic rings. The normalized spacial score (nSPS) is 12.1. The van der Waals surface area contributed by atoms with E-state index in [1.807, 2.05) is 43.3 Å². The number of ether oxygens (including phenoxy) is 1. The van der Waals surface area contributed by atoms with Crippen LogP contribution in [0.5, 0.6) is 0 Å². The number of esters is 1. The van der Waals surface area contributed by atoms with Gasteiger partial charge in [-0.1, -0.05) is 60.7 Å². The molecule has 0 saturated carbocycles. The van der Waals surface area contributed by atoms with E-state index in [9.17, 15) is 4.79 Å². The lowest BCUT2D eigenvalue weighted by atomic mass is 9.97. The Bertz CT molecular complexity index is 749. The van der Waals surface area contributed by atoms with Crippen LogP contribution in [0.4, 0.5) is 0 Å². The van der Waals surface area contributed by atoms with Crippen molar-refractivity contribution in [1.29, 1.82) is 0 Å². The van der Waals surface area contributed by atoms with Crippen molar-refractivity contribution in [1.82, 2.24) is 15.3 Å². The predicted octanol–water partition coefficient (Wildman–Crippen LogP) is 3.26. The first-order chi connectivity index (χ1) is 12.8. The quantitative estimate of drug-likeness (QED) is 0.613. The van der Waals surface area contributed by atoms with Gasteiger partial charge in [-0.3, -0.25) is 10.1 Å². The van der Waals surface area contributed by atoms with Gasteiger partial charge in [0, 0.05) is 18.3 Å². The lowest BCUT2D eigenvalue weighted by Gasteiger charge is -2.25. The van der Waals surface area contributed by atoms with Crippen LogP contribution in [0.2, 0.25) is 0 Å². The van der Waals surface area contributed by atoms with Crippen LogP contribution in [-0.4, -0.2) is 28.6 Å². The summed E-state index contributed by atoms with van der Waals surface area (Å²) in [5.41, 5.74) is 3.07. The van der Waals surface area contributed by atoms with Crippen LogP contribution in [0.25, 0.3) is 0 Å². The highest BCUT2D eigenvalue weighted by Gasteiger charge is 2.26. The summed E-state index contributed by atoms with van der Waals surface area (Å²) in [4.78, 5) is 19.6. The van der Waals surface area contributed by atoms with Gasteiger partial charge in [0.25, 0.3) is 0 Å². The molecular weight excluding hydrogens is 326 g/mol. The van der Waals surface area contributed by atoms with Crippen molar-refractivity contribution in [3.63, 3.8) is 0 Å². The van der Waals surface area contributed by atoms with E-state index in [0.717, 1.165) is 16.8 Å². The van der Waals surface area contributed by atoms with Crippen LogP contribution in [-0.2, 0) is 16.0 Å². The van der Waals surface area contributed by atoms with Gasteiger partial charge in [0.1, 0.15) is 6.04 Å². The van der Waals surface area contributed by atoms with E-state index >= 15 is 0 Å². The highest BCUT2D eigenvalue weighted by molar-refractivity contribution is 5.76. The molecule has 0 radical (unpaired) electrons. The average Bonchev–Trinajstić information content (AvgIpc) is 3.20. The molecule has 1 heterocycles. The molecule has 2 aromatic carbocycles. The molecule has 5 heteroatoms. The van der Waals surface area contributed by atoms with Gasteiger partial charge in [-0.15, -0.1) is 0 Å². The van der Waals surface area contributed by atoms with E-state index < -0.39 is 6.04 Å². The second-order valence-electron chi connectivity index (χ2n) is 6.01. The number of hydrogen-bond acceptors (Lipinski definition) is 4. The van der Waals surface area contributed by atoms with E-state index in [4.69, 9.17) is 4.74 Å². The largest absolute Gasteiger partial charge is 0.465 e. The van der Waals surface area contributed by atoms with Crippen LogP contribution in [0.1, 0.15) is 29.8 Å². The molecule has 0 aliphatic heterocycles. The summed E-state index contributed by atoms with van der Waals surface area (Å²) in [5.74, 6) is -0.265. The Hall–Kier alpha value is -2.92. The molecule has 0 aliphatic rings. The van der Waals surface area contributed by atoms with Crippen molar-refractivity contribution in [3.8, 4) is 0 Å². The van der Waals surface area contributed by atoms with Crippen LogP contribution >= 0.6 is 0 Å². The van der Waals surface area contributed by atoms with Gasteiger partial charge in [-0.25, -0.2) is 4.98 Å². The Morgan fingerprint density at radius 2 is 1.69 bits per heavy atom. The molecule has 1 unspecified atom stereocenters. The Balaban J connectivity index is 1.89. The van der Waals surface area contributed by atoms with Gasteiger partial charge in [0.2, 0.25) is 0 Å². The Morgan fingerprint density at radius 3 is 2.19 bits per heavy atom. The number of imidazole rings is 1. The average molecular weight is 349 g/mol. The van der Waals surface area contributed by atoms with Crippen molar-refractivity contribution in [2.24, 2.45) is 0 Å². The zero-order valence-corrected chi connectivity index (χ0v) is 14.8. The molecular formula is C21H23N3O2. The molecule has 0 fully saturated rings. The second kappa shape index (κ2) is 8.97. The zero-order valence-electron chi connectivity index (χ0n) is 14.8. The van der Waals surface area contributed by atoms with Gasteiger partial charge < -0.3 is 9.72 Å². The number of carbonyl (C=O) groups is 1. The van der Waals surface area contributed by atoms with Crippen LogP contribution in [0.3, 0.4) is 0 Å². The molecule has 1 atom stereocenters. The number of aromatic nitrogens is 2. The molecule has 26 heavy (non-hydrogen) atoms. The molecule has 3 rings (SSSR count). The first-order valence-electron chi connectivity index (χ1n) is 8.77. The minimum Gasteiger partial charge on any atom is -0.465 e. The third-order valence-corrected chi connectivity index (χ3v) is 4.18. The fraction of sp³-hybridized carbons (Fsp3) is 0.238. The molecule has 5 nitrogen and oxygen atoms in total. The minimum absolute atomic E-state index is 0.116. The maximum absolute atomic E-state index is 12.5. The number of benzene rings is 2. The SMILES string of the molecule is CCOC(=O)C(Cc1cnc[nH]1)NC(c1ccccc1)c1ccccc1. The van der Waals surface area contributed by atoms with Gasteiger partial charge >= 0.3 is 5.97 Å². The Morgan fingerprint density at radius 1 is 1.08 bits per heavy atom. The number of nitrogens with one attached hydrogen (secondary N) is 2. The van der Waals surface area contributed by atoms with Crippen LogP contribution in [0, 0.1) is 0 Å². The summed E-state index contributed by atoms with van der Waals surface area (Å²) < 4.78 is 5.29. The number of carbonyl (C=O) groups excluding carboxylic acids is 1. The number of aromatic amines is 1. The molecule has 134 valence electrons. The lowest BCUT2D eigenvalue weighted by Crippen LogP contribution is -2.42. The summed E-state index contributed by atoms with van der Waals surface area (Å²) in [6.45, 7) is 2.17. The van der Waals surface area contributed by atoms with Gasteiger partial charge in [0.15, 0.2) is 0 Å². The van der Waals surface area contributed by atoms with E-state index in [1.165, 1.54) is 0 Å². The molecule has 1 aromatic heterocycles. The summed E-state index contributed by atoms with van der Waals surface area (Å²) in [5, 5.41) is 3.49. The predicted molar refractivity (Wildman–Crippen MR) is 101 cm³/mol. The maximum Gasteiger partial charge on any atom is 0.323 e. The van der Waals surface area contributed by atoms with Crippen molar-refractivity contribution >= 4 is 5.97 Å². The van der Waals surface area contributed by atoms with Crippen molar-refractivity contribution in [2.45, 2.75) is 25.4 Å². The number of hydrogen-bond donors (Lipinski definition) is 2. The fourth-order valence-corrected chi connectivity index (χ4v) is 2.95. The number of H-pyrrole nitrogens is 1. The zero-order chi connectivity index (χ0) is 18.2. The first kappa shape index (κ1) is 17.9. The van der Waals surface area contributed by atoms with Crippen molar-refractivity contribution < 1.29 is 9.53 Å². The molecule has 0 spiro atoms. The van der Waals surface area contributed by atoms with Gasteiger partial charge in [-0.2, -0.15) is 0 Å². The summed E-state index contributed by atoms with van der Waals surface area (Å²) in [6, 6.07) is 19.6. The third-order valence-electron chi connectivity index (χ3n) is 4.18. The van der Waals surface area contributed by atoms with Crippen LogP contribution < -0.4 is 5.32 Å². The third kappa shape index (κ3) is 4.58. The molecule has 0 bridgehead atoms. The summed E-state index contributed by atoms with van der Waals surface area (Å²) >= 11 is 0. The molecule has 0 saturated heterocycles.